The Balaban J connectivity index is 1.92. The first-order valence-corrected chi connectivity index (χ1v) is 9.86. The van der Waals surface area contributed by atoms with Crippen LogP contribution >= 0.6 is 0 Å². The van der Waals surface area contributed by atoms with Crippen molar-refractivity contribution in [3.05, 3.63) is 47.5 Å². The van der Waals surface area contributed by atoms with Crippen LogP contribution in [0.25, 0.3) is 11.0 Å². The fraction of sp³-hybridized carbons (Fsp3) is 0.278. The maximum Gasteiger partial charge on any atom is 0.255 e. The molecule has 0 aliphatic heterocycles. The summed E-state index contributed by atoms with van der Waals surface area (Å²) in [6.07, 6.45) is 0. The Morgan fingerprint density at radius 1 is 1.19 bits per heavy atom. The summed E-state index contributed by atoms with van der Waals surface area (Å²) in [6.45, 7) is 4.46. The zero-order valence-corrected chi connectivity index (χ0v) is 16.4. The number of hydrogen-bond acceptors (Lipinski definition) is 5. The summed E-state index contributed by atoms with van der Waals surface area (Å²) in [5.41, 5.74) is 3.11. The van der Waals surface area contributed by atoms with Gasteiger partial charge in [-0.3, -0.25) is 4.79 Å². The molecule has 1 amide bonds. The number of rotatable bonds is 5. The quantitative estimate of drug-likeness (QED) is 0.724. The smallest absolute Gasteiger partial charge is 0.255 e. The van der Waals surface area contributed by atoms with Crippen LogP contribution < -0.4 is 5.32 Å². The minimum atomic E-state index is -3.58. The summed E-state index contributed by atoms with van der Waals surface area (Å²) in [7, 11) is -0.656. The lowest BCUT2D eigenvalue weighted by Gasteiger charge is -2.14. The van der Waals surface area contributed by atoms with Gasteiger partial charge < -0.3 is 5.32 Å². The standard InChI is InChI=1S/C18H21N5O3S/c1-5-23-17-9-7-13(10-16(17)20-21-23)18(24)19-15-11-14(8-6-12(15)2)27(25,26)22(3)4/h6-11H,5H2,1-4H3,(H,19,24). The van der Waals surface area contributed by atoms with Gasteiger partial charge >= 0.3 is 0 Å². The number of aromatic nitrogens is 3. The van der Waals surface area contributed by atoms with Crippen molar-refractivity contribution in [3.8, 4) is 0 Å². The van der Waals surface area contributed by atoms with Gasteiger partial charge in [0.25, 0.3) is 5.91 Å². The molecule has 1 heterocycles. The minimum absolute atomic E-state index is 0.120. The molecule has 0 bridgehead atoms. The van der Waals surface area contributed by atoms with Gasteiger partial charge in [0.2, 0.25) is 10.0 Å². The second-order valence-corrected chi connectivity index (χ2v) is 8.48. The van der Waals surface area contributed by atoms with E-state index in [1.165, 1.54) is 26.2 Å². The lowest BCUT2D eigenvalue weighted by Crippen LogP contribution is -2.22. The van der Waals surface area contributed by atoms with Crippen molar-refractivity contribution in [2.45, 2.75) is 25.3 Å². The van der Waals surface area contributed by atoms with Crippen molar-refractivity contribution in [2.24, 2.45) is 0 Å². The molecule has 0 spiro atoms. The van der Waals surface area contributed by atoms with Crippen molar-refractivity contribution < 1.29 is 13.2 Å². The SMILES string of the molecule is CCn1nnc2cc(C(=O)Nc3cc(S(=O)(=O)N(C)C)ccc3C)ccc21. The number of amides is 1. The molecule has 9 heteroatoms. The summed E-state index contributed by atoms with van der Waals surface area (Å²) in [5.74, 6) is -0.342. The van der Waals surface area contributed by atoms with Crippen LogP contribution in [0, 0.1) is 6.92 Å². The number of benzene rings is 2. The first-order valence-electron chi connectivity index (χ1n) is 8.42. The van der Waals surface area contributed by atoms with Crippen molar-refractivity contribution in [2.75, 3.05) is 19.4 Å². The zero-order valence-electron chi connectivity index (χ0n) is 15.6. The molecular formula is C18H21N5O3S. The summed E-state index contributed by atoms with van der Waals surface area (Å²) >= 11 is 0. The topological polar surface area (TPSA) is 97.2 Å². The largest absolute Gasteiger partial charge is 0.322 e. The highest BCUT2D eigenvalue weighted by Crippen LogP contribution is 2.23. The van der Waals surface area contributed by atoms with Crippen molar-refractivity contribution in [1.29, 1.82) is 0 Å². The number of carbonyl (C=O) groups is 1. The molecule has 3 rings (SSSR count). The normalized spacial score (nSPS) is 11.9. The van der Waals surface area contributed by atoms with E-state index in [4.69, 9.17) is 0 Å². The van der Waals surface area contributed by atoms with Gasteiger partial charge in [-0.2, -0.15) is 0 Å². The third kappa shape index (κ3) is 3.56. The molecule has 142 valence electrons. The van der Waals surface area contributed by atoms with Crippen LogP contribution in [0.1, 0.15) is 22.8 Å². The van der Waals surface area contributed by atoms with E-state index in [1.54, 1.807) is 35.9 Å². The molecule has 1 aromatic heterocycles. The molecule has 0 aliphatic rings. The number of carbonyl (C=O) groups excluding carboxylic acids is 1. The Labute approximate surface area is 157 Å². The minimum Gasteiger partial charge on any atom is -0.322 e. The van der Waals surface area contributed by atoms with Crippen LogP contribution in [0.2, 0.25) is 0 Å². The number of fused-ring (bicyclic) bond motifs is 1. The highest BCUT2D eigenvalue weighted by molar-refractivity contribution is 7.89. The molecule has 0 saturated heterocycles. The maximum absolute atomic E-state index is 12.7. The van der Waals surface area contributed by atoms with Gasteiger partial charge in [0.05, 0.1) is 10.4 Å². The van der Waals surface area contributed by atoms with Crippen LogP contribution in [0.4, 0.5) is 5.69 Å². The van der Waals surface area contributed by atoms with Gasteiger partial charge in [-0.15, -0.1) is 5.10 Å². The summed E-state index contributed by atoms with van der Waals surface area (Å²) in [4.78, 5) is 12.8. The van der Waals surface area contributed by atoms with E-state index >= 15 is 0 Å². The fourth-order valence-electron chi connectivity index (χ4n) is 2.65. The summed E-state index contributed by atoms with van der Waals surface area (Å²) in [5, 5.41) is 10.9. The van der Waals surface area contributed by atoms with Gasteiger partial charge in [-0.05, 0) is 49.7 Å². The third-order valence-corrected chi connectivity index (χ3v) is 6.12. The molecule has 0 aliphatic carbocycles. The number of nitrogens with one attached hydrogen (secondary N) is 1. The highest BCUT2D eigenvalue weighted by atomic mass is 32.2. The van der Waals surface area contributed by atoms with Crippen LogP contribution in [-0.2, 0) is 16.6 Å². The van der Waals surface area contributed by atoms with Gasteiger partial charge in [-0.25, -0.2) is 17.4 Å². The van der Waals surface area contributed by atoms with E-state index in [2.05, 4.69) is 15.6 Å². The van der Waals surface area contributed by atoms with Crippen molar-refractivity contribution in [1.82, 2.24) is 19.3 Å². The van der Waals surface area contributed by atoms with Gasteiger partial charge in [0.15, 0.2) is 0 Å². The lowest BCUT2D eigenvalue weighted by atomic mass is 10.1. The average Bonchev–Trinajstić information content (AvgIpc) is 3.05. The number of sulfonamides is 1. The Morgan fingerprint density at radius 3 is 2.59 bits per heavy atom. The van der Waals surface area contributed by atoms with E-state index in [0.29, 0.717) is 23.3 Å². The predicted molar refractivity (Wildman–Crippen MR) is 103 cm³/mol. The number of aryl methyl sites for hydroxylation is 2. The van der Waals surface area contributed by atoms with E-state index in [1.807, 2.05) is 6.92 Å². The number of nitrogens with zero attached hydrogens (tertiary/aromatic N) is 4. The third-order valence-electron chi connectivity index (χ3n) is 4.31. The number of anilines is 1. The molecule has 27 heavy (non-hydrogen) atoms. The van der Waals surface area contributed by atoms with Crippen molar-refractivity contribution in [3.63, 3.8) is 0 Å². The van der Waals surface area contributed by atoms with Crippen LogP contribution in [0.5, 0.6) is 0 Å². The summed E-state index contributed by atoms with van der Waals surface area (Å²) in [6, 6.07) is 9.82. The molecule has 0 radical (unpaired) electrons. The van der Waals surface area contributed by atoms with Gasteiger partial charge in [0, 0.05) is 31.9 Å². The van der Waals surface area contributed by atoms with Crippen LogP contribution in [-0.4, -0.2) is 47.7 Å². The average molecular weight is 387 g/mol. The van der Waals surface area contributed by atoms with Crippen LogP contribution in [0.3, 0.4) is 0 Å². The fourth-order valence-corrected chi connectivity index (χ4v) is 3.58. The second kappa shape index (κ2) is 7.09. The molecule has 8 nitrogen and oxygen atoms in total. The molecule has 0 unspecified atom stereocenters. The predicted octanol–water partition coefficient (Wildman–Crippen LogP) is 2.26. The molecule has 2 aromatic carbocycles. The lowest BCUT2D eigenvalue weighted by molar-refractivity contribution is 0.102. The Hall–Kier alpha value is -2.78. The van der Waals surface area contributed by atoms with E-state index in [9.17, 15) is 13.2 Å². The van der Waals surface area contributed by atoms with Gasteiger partial charge in [-0.1, -0.05) is 11.3 Å². The molecule has 1 N–H and O–H groups in total. The van der Waals surface area contributed by atoms with Gasteiger partial charge in [0.1, 0.15) is 5.52 Å². The molecule has 3 aromatic rings. The molecule has 0 atom stereocenters. The van der Waals surface area contributed by atoms with E-state index < -0.39 is 10.0 Å². The zero-order chi connectivity index (χ0) is 19.8. The first kappa shape index (κ1) is 19.0. The molecular weight excluding hydrogens is 366 g/mol. The Bertz CT molecular complexity index is 1120. The Kier molecular flexibility index (Phi) is 4.99. The monoisotopic (exact) mass is 387 g/mol. The molecule has 0 saturated carbocycles. The summed E-state index contributed by atoms with van der Waals surface area (Å²) < 4.78 is 27.5. The Morgan fingerprint density at radius 2 is 1.93 bits per heavy atom. The second-order valence-electron chi connectivity index (χ2n) is 6.33. The molecule has 0 fully saturated rings. The highest BCUT2D eigenvalue weighted by Gasteiger charge is 2.19. The number of hydrogen-bond donors (Lipinski definition) is 1. The van der Waals surface area contributed by atoms with Crippen molar-refractivity contribution >= 4 is 32.7 Å². The maximum atomic E-state index is 12.7. The first-order chi connectivity index (χ1) is 12.7. The van der Waals surface area contributed by atoms with E-state index in [-0.39, 0.29) is 10.8 Å². The van der Waals surface area contributed by atoms with E-state index in [0.717, 1.165) is 15.4 Å². The van der Waals surface area contributed by atoms with Crippen LogP contribution in [0.15, 0.2) is 41.3 Å².